The van der Waals surface area contributed by atoms with Crippen molar-refractivity contribution < 1.29 is 14.0 Å². The number of furan rings is 1. The first-order valence-corrected chi connectivity index (χ1v) is 12.7. The molecule has 0 bridgehead atoms. The molecule has 9 heteroatoms. The van der Waals surface area contributed by atoms with Gasteiger partial charge in [0.1, 0.15) is 5.76 Å². The van der Waals surface area contributed by atoms with Crippen molar-refractivity contribution in [2.45, 2.75) is 26.2 Å². The highest BCUT2D eigenvalue weighted by molar-refractivity contribution is 6.36. The number of amides is 2. The number of rotatable bonds is 4. The molecule has 2 heterocycles. The number of carbonyl (C=O) groups is 2. The van der Waals surface area contributed by atoms with Crippen molar-refractivity contribution in [3.63, 3.8) is 0 Å². The van der Waals surface area contributed by atoms with Gasteiger partial charge < -0.3 is 14.2 Å². The van der Waals surface area contributed by atoms with Crippen LogP contribution in [0.15, 0.2) is 58.0 Å². The van der Waals surface area contributed by atoms with E-state index in [1.165, 1.54) is 6.07 Å². The molecule has 0 atom stereocenters. The van der Waals surface area contributed by atoms with E-state index in [-0.39, 0.29) is 16.5 Å². The number of hydrogen-bond donors (Lipinski definition) is 1. The zero-order chi connectivity index (χ0) is 25.2. The number of halogens is 2. The number of nitrogens with one attached hydrogen (secondary N) is 1. The van der Waals surface area contributed by atoms with E-state index in [1.807, 2.05) is 30.0 Å². The van der Waals surface area contributed by atoms with Crippen LogP contribution in [0.25, 0.3) is 0 Å². The molecule has 7 nitrogen and oxygen atoms in total. The molecule has 186 valence electrons. The SMILES string of the molecule is Cc1c(C(=O)N2CCN(c3ccccc3)CC2)oc2c1/C(=N/NC(=O)c1ccc(Cl)cc1Cl)CCC2. The van der Waals surface area contributed by atoms with Crippen molar-refractivity contribution in [3.05, 3.63) is 86.8 Å². The van der Waals surface area contributed by atoms with Gasteiger partial charge in [0.2, 0.25) is 0 Å². The second kappa shape index (κ2) is 10.4. The first-order chi connectivity index (χ1) is 17.4. The number of hydrogen-bond acceptors (Lipinski definition) is 5. The number of para-hydroxylation sites is 1. The molecular weight excluding hydrogens is 499 g/mol. The predicted octanol–water partition coefficient (Wildman–Crippen LogP) is 5.33. The molecule has 0 unspecified atom stereocenters. The van der Waals surface area contributed by atoms with Crippen LogP contribution in [0, 0.1) is 6.92 Å². The van der Waals surface area contributed by atoms with Gasteiger partial charge in [0, 0.05) is 54.4 Å². The van der Waals surface area contributed by atoms with Gasteiger partial charge in [-0.1, -0.05) is 41.4 Å². The highest BCUT2D eigenvalue weighted by Gasteiger charge is 2.31. The molecule has 0 spiro atoms. The van der Waals surface area contributed by atoms with E-state index in [2.05, 4.69) is 27.6 Å². The van der Waals surface area contributed by atoms with Crippen LogP contribution in [0.1, 0.15) is 50.6 Å². The Morgan fingerprint density at radius 2 is 1.75 bits per heavy atom. The van der Waals surface area contributed by atoms with Gasteiger partial charge >= 0.3 is 0 Å². The van der Waals surface area contributed by atoms with E-state index in [4.69, 9.17) is 27.6 Å². The Hall–Kier alpha value is -3.29. The number of anilines is 1. The molecule has 1 N–H and O–H groups in total. The van der Waals surface area contributed by atoms with Gasteiger partial charge in [-0.05, 0) is 50.1 Å². The van der Waals surface area contributed by atoms with E-state index in [9.17, 15) is 9.59 Å². The zero-order valence-electron chi connectivity index (χ0n) is 19.9. The lowest BCUT2D eigenvalue weighted by atomic mass is 9.93. The first-order valence-electron chi connectivity index (χ1n) is 12.0. The van der Waals surface area contributed by atoms with Gasteiger partial charge in [-0.2, -0.15) is 5.10 Å². The van der Waals surface area contributed by atoms with E-state index in [0.29, 0.717) is 36.0 Å². The van der Waals surface area contributed by atoms with Gasteiger partial charge in [-0.3, -0.25) is 9.59 Å². The fraction of sp³-hybridized carbons (Fsp3) is 0.296. The lowest BCUT2D eigenvalue weighted by Crippen LogP contribution is -2.48. The molecule has 36 heavy (non-hydrogen) atoms. The minimum Gasteiger partial charge on any atom is -0.455 e. The van der Waals surface area contributed by atoms with Crippen LogP contribution in [0.2, 0.25) is 10.0 Å². The summed E-state index contributed by atoms with van der Waals surface area (Å²) in [5, 5.41) is 5.09. The number of fused-ring (bicyclic) bond motifs is 1. The molecule has 1 fully saturated rings. The molecule has 0 radical (unpaired) electrons. The molecule has 2 aliphatic rings. The van der Waals surface area contributed by atoms with Crippen LogP contribution in [-0.2, 0) is 6.42 Å². The second-order valence-corrected chi connectivity index (χ2v) is 9.79. The molecule has 1 aromatic heterocycles. The summed E-state index contributed by atoms with van der Waals surface area (Å²) in [6.07, 6.45) is 2.21. The minimum atomic E-state index is -0.426. The minimum absolute atomic E-state index is 0.106. The number of carbonyl (C=O) groups excluding carboxylic acids is 2. The fourth-order valence-electron chi connectivity index (χ4n) is 4.79. The van der Waals surface area contributed by atoms with E-state index in [0.717, 1.165) is 48.5 Å². The van der Waals surface area contributed by atoms with Crippen LogP contribution in [0.5, 0.6) is 0 Å². The third-order valence-corrected chi connectivity index (χ3v) is 7.22. The van der Waals surface area contributed by atoms with Crippen molar-refractivity contribution >= 4 is 46.4 Å². The summed E-state index contributed by atoms with van der Waals surface area (Å²) in [4.78, 5) is 30.1. The summed E-state index contributed by atoms with van der Waals surface area (Å²) in [7, 11) is 0. The number of aryl methyl sites for hydroxylation is 1. The number of hydrazone groups is 1. The van der Waals surface area contributed by atoms with Crippen LogP contribution < -0.4 is 10.3 Å². The smallest absolute Gasteiger partial charge is 0.289 e. The average Bonchev–Trinajstić information content (AvgIpc) is 3.24. The van der Waals surface area contributed by atoms with Crippen LogP contribution in [-0.4, -0.2) is 48.6 Å². The van der Waals surface area contributed by atoms with Crippen molar-refractivity contribution in [3.8, 4) is 0 Å². The molecule has 1 aliphatic heterocycles. The second-order valence-electron chi connectivity index (χ2n) is 8.95. The van der Waals surface area contributed by atoms with Crippen molar-refractivity contribution in [1.82, 2.24) is 10.3 Å². The van der Waals surface area contributed by atoms with Crippen LogP contribution >= 0.6 is 23.2 Å². The number of nitrogens with zero attached hydrogens (tertiary/aromatic N) is 3. The molecule has 2 aromatic carbocycles. The monoisotopic (exact) mass is 524 g/mol. The Balaban J connectivity index is 1.31. The molecule has 5 rings (SSSR count). The Kier molecular flexibility index (Phi) is 7.03. The van der Waals surface area contributed by atoms with Crippen molar-refractivity contribution in [1.29, 1.82) is 0 Å². The standard InChI is InChI=1S/C27H26Cl2N4O3/c1-17-24-22(30-31-26(34)20-11-10-18(28)16-21(20)29)8-5-9-23(24)36-25(17)27(35)33-14-12-32(13-15-33)19-6-3-2-4-7-19/h2-4,6-7,10-11,16H,5,8-9,12-15H2,1H3,(H,31,34)/b30-22+. The molecule has 1 saturated heterocycles. The van der Waals surface area contributed by atoms with E-state index >= 15 is 0 Å². The number of piperazine rings is 1. The Morgan fingerprint density at radius 3 is 2.47 bits per heavy atom. The average molecular weight is 525 g/mol. The van der Waals surface area contributed by atoms with Gasteiger partial charge in [-0.25, -0.2) is 5.43 Å². The third kappa shape index (κ3) is 4.86. The maximum absolute atomic E-state index is 13.4. The summed E-state index contributed by atoms with van der Waals surface area (Å²) >= 11 is 12.1. The van der Waals surface area contributed by atoms with E-state index < -0.39 is 5.91 Å². The molecule has 1 aliphatic carbocycles. The Bertz CT molecular complexity index is 1330. The highest BCUT2D eigenvalue weighted by Crippen LogP contribution is 2.31. The highest BCUT2D eigenvalue weighted by atomic mass is 35.5. The summed E-state index contributed by atoms with van der Waals surface area (Å²) in [6.45, 7) is 4.66. The molecular formula is C27H26Cl2N4O3. The molecule has 2 amide bonds. The van der Waals surface area contributed by atoms with Crippen molar-refractivity contribution in [2.75, 3.05) is 31.1 Å². The Morgan fingerprint density at radius 1 is 1.00 bits per heavy atom. The van der Waals surface area contributed by atoms with Gasteiger partial charge in [-0.15, -0.1) is 0 Å². The van der Waals surface area contributed by atoms with E-state index in [1.54, 1.807) is 12.1 Å². The lowest BCUT2D eigenvalue weighted by molar-refractivity contribution is 0.0711. The maximum Gasteiger partial charge on any atom is 0.289 e. The lowest BCUT2D eigenvalue weighted by Gasteiger charge is -2.35. The first kappa shape index (κ1) is 24.4. The normalized spacial score (nSPS) is 16.7. The topological polar surface area (TPSA) is 78.2 Å². The maximum atomic E-state index is 13.4. The quantitative estimate of drug-likeness (QED) is 0.468. The summed E-state index contributed by atoms with van der Waals surface area (Å²) in [5.41, 5.74) is 6.32. The van der Waals surface area contributed by atoms with Gasteiger partial charge in [0.25, 0.3) is 11.8 Å². The summed E-state index contributed by atoms with van der Waals surface area (Å²) in [5.74, 6) is 0.563. The largest absolute Gasteiger partial charge is 0.455 e. The fourth-order valence-corrected chi connectivity index (χ4v) is 5.28. The summed E-state index contributed by atoms with van der Waals surface area (Å²) < 4.78 is 6.08. The van der Waals surface area contributed by atoms with Crippen molar-refractivity contribution in [2.24, 2.45) is 5.10 Å². The molecule has 3 aromatic rings. The van der Waals surface area contributed by atoms with Gasteiger partial charge in [0.05, 0.1) is 16.3 Å². The predicted molar refractivity (Wildman–Crippen MR) is 141 cm³/mol. The van der Waals surface area contributed by atoms with Crippen LogP contribution in [0.3, 0.4) is 0 Å². The zero-order valence-corrected chi connectivity index (χ0v) is 21.4. The van der Waals surface area contributed by atoms with Gasteiger partial charge in [0.15, 0.2) is 5.76 Å². The Labute approximate surface area is 219 Å². The number of benzene rings is 2. The van der Waals surface area contributed by atoms with Crippen LogP contribution in [0.4, 0.5) is 5.69 Å². The third-order valence-electron chi connectivity index (χ3n) is 6.68. The summed E-state index contributed by atoms with van der Waals surface area (Å²) in [6, 6.07) is 14.9. The molecule has 0 saturated carbocycles.